The molecule has 0 bridgehead atoms. The number of methoxy groups -OCH3 is 1. The summed E-state index contributed by atoms with van der Waals surface area (Å²) in [5.41, 5.74) is 1.05. The van der Waals surface area contributed by atoms with Crippen molar-refractivity contribution in [3.8, 4) is 5.75 Å². The van der Waals surface area contributed by atoms with Gasteiger partial charge in [0.05, 0.1) is 19.3 Å². The summed E-state index contributed by atoms with van der Waals surface area (Å²) in [7, 11) is 1.61. The number of hydrogen-bond donors (Lipinski definition) is 0. The van der Waals surface area contributed by atoms with Gasteiger partial charge in [0.2, 0.25) is 0 Å². The van der Waals surface area contributed by atoms with Gasteiger partial charge >= 0.3 is 0 Å². The van der Waals surface area contributed by atoms with Crippen LogP contribution in [-0.2, 0) is 15.1 Å². The van der Waals surface area contributed by atoms with Crippen molar-refractivity contribution in [3.05, 3.63) is 57.5 Å². The molecular formula is C18H17BrClNO3. The SMILES string of the molecule is COc1ccc(N2C(=O)COCC2(C)c2cc(Cl)cc(Br)c2)cc1. The summed E-state index contributed by atoms with van der Waals surface area (Å²) < 4.78 is 11.6. The van der Waals surface area contributed by atoms with Gasteiger partial charge in [0.25, 0.3) is 5.91 Å². The third kappa shape index (κ3) is 3.16. The van der Waals surface area contributed by atoms with Crippen molar-refractivity contribution in [3.63, 3.8) is 0 Å². The second-order valence-electron chi connectivity index (χ2n) is 5.85. The first-order chi connectivity index (χ1) is 11.4. The van der Waals surface area contributed by atoms with E-state index in [1.54, 1.807) is 12.0 Å². The van der Waals surface area contributed by atoms with Crippen LogP contribution in [0.1, 0.15) is 12.5 Å². The van der Waals surface area contributed by atoms with Gasteiger partial charge in [-0.3, -0.25) is 9.69 Å². The number of ether oxygens (including phenoxy) is 2. The van der Waals surface area contributed by atoms with E-state index in [4.69, 9.17) is 21.1 Å². The number of carbonyl (C=O) groups excluding carboxylic acids is 1. The Morgan fingerprint density at radius 1 is 1.25 bits per heavy atom. The van der Waals surface area contributed by atoms with E-state index in [-0.39, 0.29) is 12.5 Å². The summed E-state index contributed by atoms with van der Waals surface area (Å²) in [6, 6.07) is 13.1. The molecule has 126 valence electrons. The van der Waals surface area contributed by atoms with Crippen molar-refractivity contribution in [1.29, 1.82) is 0 Å². The highest BCUT2D eigenvalue weighted by Crippen LogP contribution is 2.38. The lowest BCUT2D eigenvalue weighted by molar-refractivity contribution is -0.130. The van der Waals surface area contributed by atoms with Crippen molar-refractivity contribution < 1.29 is 14.3 Å². The van der Waals surface area contributed by atoms with Crippen LogP contribution in [0.3, 0.4) is 0 Å². The maximum atomic E-state index is 12.6. The van der Waals surface area contributed by atoms with Crippen LogP contribution in [0.15, 0.2) is 46.9 Å². The van der Waals surface area contributed by atoms with Crippen LogP contribution in [0.25, 0.3) is 0 Å². The number of benzene rings is 2. The van der Waals surface area contributed by atoms with E-state index in [1.165, 1.54) is 0 Å². The lowest BCUT2D eigenvalue weighted by Gasteiger charge is -2.44. The van der Waals surface area contributed by atoms with Crippen LogP contribution in [-0.4, -0.2) is 26.2 Å². The number of rotatable bonds is 3. The highest BCUT2D eigenvalue weighted by Gasteiger charge is 2.42. The lowest BCUT2D eigenvalue weighted by atomic mass is 9.89. The van der Waals surface area contributed by atoms with Crippen LogP contribution >= 0.6 is 27.5 Å². The molecule has 0 aliphatic carbocycles. The van der Waals surface area contributed by atoms with Gasteiger partial charge in [-0.15, -0.1) is 0 Å². The van der Waals surface area contributed by atoms with Gasteiger partial charge in [0, 0.05) is 15.2 Å². The van der Waals surface area contributed by atoms with Gasteiger partial charge in [-0.2, -0.15) is 0 Å². The Bertz CT molecular complexity index is 745. The first-order valence-corrected chi connectivity index (χ1v) is 8.62. The van der Waals surface area contributed by atoms with Gasteiger partial charge in [-0.1, -0.05) is 27.5 Å². The second-order valence-corrected chi connectivity index (χ2v) is 7.20. The van der Waals surface area contributed by atoms with Crippen LogP contribution in [0.4, 0.5) is 5.69 Å². The van der Waals surface area contributed by atoms with Gasteiger partial charge in [-0.05, 0) is 55.0 Å². The molecule has 1 amide bonds. The van der Waals surface area contributed by atoms with Crippen molar-refractivity contribution in [2.24, 2.45) is 0 Å². The highest BCUT2D eigenvalue weighted by atomic mass is 79.9. The third-order valence-corrected chi connectivity index (χ3v) is 4.84. The number of nitrogens with zero attached hydrogens (tertiary/aromatic N) is 1. The van der Waals surface area contributed by atoms with Crippen molar-refractivity contribution in [1.82, 2.24) is 0 Å². The molecule has 1 saturated heterocycles. The fourth-order valence-corrected chi connectivity index (χ4v) is 3.84. The molecule has 1 aliphatic rings. The van der Waals surface area contributed by atoms with Crippen molar-refractivity contribution >= 4 is 39.1 Å². The molecule has 6 heteroatoms. The molecule has 0 spiro atoms. The molecule has 1 atom stereocenters. The molecule has 1 heterocycles. The summed E-state index contributed by atoms with van der Waals surface area (Å²) >= 11 is 9.68. The summed E-state index contributed by atoms with van der Waals surface area (Å²) in [6.45, 7) is 2.42. The molecule has 3 rings (SSSR count). The summed E-state index contributed by atoms with van der Waals surface area (Å²) in [6.07, 6.45) is 0. The molecule has 2 aromatic rings. The molecule has 2 aromatic carbocycles. The van der Waals surface area contributed by atoms with Gasteiger partial charge in [0.1, 0.15) is 12.4 Å². The van der Waals surface area contributed by atoms with E-state index in [1.807, 2.05) is 49.4 Å². The van der Waals surface area contributed by atoms with Crippen molar-refractivity contribution in [2.45, 2.75) is 12.5 Å². The number of hydrogen-bond acceptors (Lipinski definition) is 3. The molecule has 4 nitrogen and oxygen atoms in total. The Kier molecular flexibility index (Phi) is 4.85. The number of morpholine rings is 1. The molecule has 0 aromatic heterocycles. The van der Waals surface area contributed by atoms with Crippen molar-refractivity contribution in [2.75, 3.05) is 25.2 Å². The zero-order valence-electron chi connectivity index (χ0n) is 13.4. The first kappa shape index (κ1) is 17.3. The molecule has 0 radical (unpaired) electrons. The standard InChI is InChI=1S/C18H17BrClNO3/c1-18(12-7-13(19)9-14(20)8-12)11-24-10-17(22)21(18)15-3-5-16(23-2)6-4-15/h3-9H,10-11H2,1-2H3. The van der Waals surface area contributed by atoms with Crippen LogP contribution < -0.4 is 9.64 Å². The number of anilines is 1. The molecule has 0 N–H and O–H groups in total. The number of carbonyl (C=O) groups is 1. The Morgan fingerprint density at radius 3 is 2.58 bits per heavy atom. The zero-order valence-corrected chi connectivity index (χ0v) is 15.7. The maximum absolute atomic E-state index is 12.6. The van der Waals surface area contributed by atoms with E-state index in [9.17, 15) is 4.79 Å². The smallest absolute Gasteiger partial charge is 0.253 e. The fourth-order valence-electron chi connectivity index (χ4n) is 2.98. The van der Waals surface area contributed by atoms with E-state index in [0.717, 1.165) is 21.5 Å². The Hall–Kier alpha value is -1.56. The van der Waals surface area contributed by atoms with E-state index < -0.39 is 5.54 Å². The Balaban J connectivity index is 2.09. The molecule has 24 heavy (non-hydrogen) atoms. The third-order valence-electron chi connectivity index (χ3n) is 4.17. The van der Waals surface area contributed by atoms with E-state index >= 15 is 0 Å². The zero-order chi connectivity index (χ0) is 17.3. The monoisotopic (exact) mass is 409 g/mol. The molecule has 1 unspecified atom stereocenters. The largest absolute Gasteiger partial charge is 0.497 e. The van der Waals surface area contributed by atoms with Gasteiger partial charge < -0.3 is 9.47 Å². The van der Waals surface area contributed by atoms with E-state index in [0.29, 0.717) is 11.6 Å². The molecule has 1 fully saturated rings. The van der Waals surface area contributed by atoms with Crippen LogP contribution in [0.5, 0.6) is 5.75 Å². The Labute approximate surface area is 154 Å². The Morgan fingerprint density at radius 2 is 1.96 bits per heavy atom. The lowest BCUT2D eigenvalue weighted by Crippen LogP contribution is -2.56. The molecule has 0 saturated carbocycles. The normalized spacial score (nSPS) is 21.0. The van der Waals surface area contributed by atoms with Gasteiger partial charge in [-0.25, -0.2) is 0 Å². The number of amides is 1. The predicted octanol–water partition coefficient (Wildman–Crippen LogP) is 4.39. The maximum Gasteiger partial charge on any atom is 0.253 e. The quantitative estimate of drug-likeness (QED) is 0.753. The minimum absolute atomic E-state index is 0.0589. The second kappa shape index (κ2) is 6.75. The highest BCUT2D eigenvalue weighted by molar-refractivity contribution is 9.10. The van der Waals surface area contributed by atoms with Gasteiger partial charge in [0.15, 0.2) is 0 Å². The molecular weight excluding hydrogens is 394 g/mol. The fraction of sp³-hybridized carbons (Fsp3) is 0.278. The average Bonchev–Trinajstić information content (AvgIpc) is 2.54. The minimum atomic E-state index is -0.655. The minimum Gasteiger partial charge on any atom is -0.497 e. The van der Waals surface area contributed by atoms with Crippen LogP contribution in [0, 0.1) is 0 Å². The predicted molar refractivity (Wildman–Crippen MR) is 97.8 cm³/mol. The number of halogens is 2. The summed E-state index contributed by atoms with van der Waals surface area (Å²) in [5, 5.41) is 0.605. The average molecular weight is 411 g/mol. The van der Waals surface area contributed by atoms with Crippen LogP contribution in [0.2, 0.25) is 5.02 Å². The summed E-state index contributed by atoms with van der Waals surface area (Å²) in [5.74, 6) is 0.650. The first-order valence-electron chi connectivity index (χ1n) is 7.45. The summed E-state index contributed by atoms with van der Waals surface area (Å²) in [4.78, 5) is 14.4. The van der Waals surface area contributed by atoms with E-state index in [2.05, 4.69) is 15.9 Å². The topological polar surface area (TPSA) is 38.8 Å². The molecule has 1 aliphatic heterocycles.